The fourth-order valence-corrected chi connectivity index (χ4v) is 4.71. The van der Waals surface area contributed by atoms with E-state index < -0.39 is 10.0 Å². The molecule has 1 rings (SSSR count). The van der Waals surface area contributed by atoms with Gasteiger partial charge in [0.25, 0.3) is 10.0 Å². The summed E-state index contributed by atoms with van der Waals surface area (Å²) in [5.41, 5.74) is 0.857. The van der Waals surface area contributed by atoms with Crippen LogP contribution < -0.4 is 0 Å². The zero-order valence-corrected chi connectivity index (χ0v) is 12.7. The molecule has 1 heterocycles. The number of thiophene rings is 1. The molecule has 0 spiro atoms. The molecule has 0 saturated heterocycles. The average Bonchev–Trinajstić information content (AvgIpc) is 2.74. The first-order chi connectivity index (χ1) is 7.91. The second kappa shape index (κ2) is 6.18. The summed E-state index contributed by atoms with van der Waals surface area (Å²) >= 11 is 6.92. The molecule has 0 saturated carbocycles. The highest BCUT2D eigenvalue weighted by atomic mass is 35.5. The van der Waals surface area contributed by atoms with Gasteiger partial charge >= 0.3 is 0 Å². The Hall–Kier alpha value is -0.100. The molecule has 17 heavy (non-hydrogen) atoms. The van der Waals surface area contributed by atoms with Gasteiger partial charge in [-0.2, -0.15) is 4.31 Å². The molecule has 0 radical (unpaired) electrons. The minimum Gasteiger partial charge on any atom is -0.206 e. The van der Waals surface area contributed by atoms with Crippen LogP contribution in [0.4, 0.5) is 0 Å². The maximum atomic E-state index is 12.3. The Morgan fingerprint density at radius 1 is 1.47 bits per heavy atom. The van der Waals surface area contributed by atoms with Gasteiger partial charge in [-0.25, -0.2) is 8.42 Å². The van der Waals surface area contributed by atoms with Gasteiger partial charge < -0.3 is 0 Å². The van der Waals surface area contributed by atoms with E-state index in [4.69, 9.17) is 11.6 Å². The molecule has 0 aliphatic carbocycles. The van der Waals surface area contributed by atoms with Gasteiger partial charge in [-0.1, -0.05) is 20.8 Å². The van der Waals surface area contributed by atoms with Crippen molar-refractivity contribution < 1.29 is 8.42 Å². The Labute approximate surface area is 112 Å². The van der Waals surface area contributed by atoms with E-state index in [1.54, 1.807) is 11.4 Å². The Balaban J connectivity index is 2.99. The summed E-state index contributed by atoms with van der Waals surface area (Å²) in [6, 6.07) is 1.66. The van der Waals surface area contributed by atoms with Crippen LogP contribution in [0.25, 0.3) is 0 Å². The van der Waals surface area contributed by atoms with Gasteiger partial charge in [-0.3, -0.25) is 0 Å². The Kier molecular flexibility index (Phi) is 5.44. The number of rotatable bonds is 6. The van der Waals surface area contributed by atoms with Crippen molar-refractivity contribution in [3.8, 4) is 0 Å². The first kappa shape index (κ1) is 15.0. The van der Waals surface area contributed by atoms with E-state index in [1.807, 2.05) is 20.8 Å². The van der Waals surface area contributed by atoms with Gasteiger partial charge in [-0.15, -0.1) is 22.9 Å². The van der Waals surface area contributed by atoms with Crippen molar-refractivity contribution in [2.24, 2.45) is 5.92 Å². The first-order valence-electron chi connectivity index (χ1n) is 5.55. The molecule has 0 aromatic carbocycles. The molecule has 0 unspecified atom stereocenters. The zero-order valence-electron chi connectivity index (χ0n) is 10.3. The summed E-state index contributed by atoms with van der Waals surface area (Å²) in [6.45, 7) is 6.92. The van der Waals surface area contributed by atoms with E-state index in [0.717, 1.165) is 5.56 Å². The number of halogens is 1. The molecule has 6 heteroatoms. The molecular formula is C11H18ClNO2S2. The van der Waals surface area contributed by atoms with Crippen LogP contribution in [0.15, 0.2) is 15.7 Å². The normalized spacial score (nSPS) is 12.6. The highest BCUT2D eigenvalue weighted by molar-refractivity contribution is 7.91. The smallest absolute Gasteiger partial charge is 0.206 e. The lowest BCUT2D eigenvalue weighted by Crippen LogP contribution is -2.33. The maximum absolute atomic E-state index is 12.3. The summed E-state index contributed by atoms with van der Waals surface area (Å²) in [5, 5.41) is 1.79. The summed E-state index contributed by atoms with van der Waals surface area (Å²) in [4.78, 5) is 0. The average molecular weight is 296 g/mol. The van der Waals surface area contributed by atoms with Crippen LogP contribution in [0.1, 0.15) is 26.3 Å². The fourth-order valence-electron chi connectivity index (χ4n) is 1.49. The Bertz CT molecular complexity index is 454. The van der Waals surface area contributed by atoms with Crippen molar-refractivity contribution >= 4 is 33.0 Å². The predicted molar refractivity (Wildman–Crippen MR) is 73.1 cm³/mol. The van der Waals surface area contributed by atoms with E-state index in [9.17, 15) is 8.42 Å². The van der Waals surface area contributed by atoms with Gasteiger partial charge in [0.05, 0.1) is 0 Å². The molecule has 1 aromatic rings. The lowest BCUT2D eigenvalue weighted by atomic mass is 10.2. The van der Waals surface area contributed by atoms with Gasteiger partial charge in [0.1, 0.15) is 4.21 Å². The van der Waals surface area contributed by atoms with E-state index in [0.29, 0.717) is 29.1 Å². The zero-order chi connectivity index (χ0) is 13.1. The quantitative estimate of drug-likeness (QED) is 0.756. The highest BCUT2D eigenvalue weighted by Crippen LogP contribution is 2.25. The van der Waals surface area contributed by atoms with Gasteiger partial charge in [0.15, 0.2) is 0 Å². The molecule has 0 atom stereocenters. The topological polar surface area (TPSA) is 37.4 Å². The standard InChI is InChI=1S/C11H18ClNO2S2/c1-4-13(7-9(2)3)17(14,15)11-5-10(6-12)8-16-11/h5,8-9H,4,6-7H2,1-3H3. The minimum absolute atomic E-state index is 0.317. The van der Waals surface area contributed by atoms with Crippen molar-refractivity contribution in [3.05, 3.63) is 17.0 Å². The number of alkyl halides is 1. The van der Waals surface area contributed by atoms with Crippen LogP contribution in [0.5, 0.6) is 0 Å². The van der Waals surface area contributed by atoms with Crippen molar-refractivity contribution in [2.75, 3.05) is 13.1 Å². The number of nitrogens with zero attached hydrogens (tertiary/aromatic N) is 1. The molecule has 1 aromatic heterocycles. The molecule has 0 aliphatic rings. The molecule has 0 bridgehead atoms. The number of hydrogen-bond donors (Lipinski definition) is 0. The van der Waals surface area contributed by atoms with E-state index in [-0.39, 0.29) is 0 Å². The number of sulfonamides is 1. The molecule has 0 amide bonds. The lowest BCUT2D eigenvalue weighted by molar-refractivity contribution is 0.382. The van der Waals surface area contributed by atoms with Crippen LogP contribution in [0.2, 0.25) is 0 Å². The van der Waals surface area contributed by atoms with Crippen molar-refractivity contribution in [3.63, 3.8) is 0 Å². The molecule has 3 nitrogen and oxygen atoms in total. The summed E-state index contributed by atoms with van der Waals surface area (Å²) in [5.74, 6) is 0.666. The van der Waals surface area contributed by atoms with Crippen LogP contribution in [0.3, 0.4) is 0 Å². The summed E-state index contributed by atoms with van der Waals surface area (Å²) in [7, 11) is -3.34. The van der Waals surface area contributed by atoms with E-state index in [1.165, 1.54) is 15.6 Å². The lowest BCUT2D eigenvalue weighted by Gasteiger charge is -2.21. The molecular weight excluding hydrogens is 278 g/mol. The van der Waals surface area contributed by atoms with Gasteiger partial charge in [0.2, 0.25) is 0 Å². The second-order valence-corrected chi connectivity index (χ2v) is 7.60. The van der Waals surface area contributed by atoms with Crippen LogP contribution in [0, 0.1) is 5.92 Å². The second-order valence-electron chi connectivity index (χ2n) is 4.26. The monoisotopic (exact) mass is 295 g/mol. The van der Waals surface area contributed by atoms with Gasteiger partial charge in [-0.05, 0) is 22.9 Å². The first-order valence-corrected chi connectivity index (χ1v) is 8.40. The maximum Gasteiger partial charge on any atom is 0.252 e. The third kappa shape index (κ3) is 3.68. The van der Waals surface area contributed by atoms with Crippen LogP contribution in [-0.2, 0) is 15.9 Å². The number of hydrogen-bond acceptors (Lipinski definition) is 3. The third-order valence-electron chi connectivity index (χ3n) is 2.30. The Morgan fingerprint density at radius 3 is 2.53 bits per heavy atom. The van der Waals surface area contributed by atoms with Crippen LogP contribution >= 0.6 is 22.9 Å². The fraction of sp³-hybridized carbons (Fsp3) is 0.636. The largest absolute Gasteiger partial charge is 0.252 e. The molecule has 98 valence electrons. The minimum atomic E-state index is -3.34. The highest BCUT2D eigenvalue weighted by Gasteiger charge is 2.25. The predicted octanol–water partition coefficient (Wildman–Crippen LogP) is 3.15. The van der Waals surface area contributed by atoms with Crippen molar-refractivity contribution in [1.29, 1.82) is 0 Å². The van der Waals surface area contributed by atoms with E-state index in [2.05, 4.69) is 0 Å². The summed E-state index contributed by atoms with van der Waals surface area (Å²) < 4.78 is 26.5. The molecule has 0 fully saturated rings. The Morgan fingerprint density at radius 2 is 2.12 bits per heavy atom. The molecule has 0 aliphatic heterocycles. The van der Waals surface area contributed by atoms with E-state index >= 15 is 0 Å². The van der Waals surface area contributed by atoms with Crippen molar-refractivity contribution in [1.82, 2.24) is 4.31 Å². The third-order valence-corrected chi connectivity index (χ3v) is 6.01. The van der Waals surface area contributed by atoms with Crippen molar-refractivity contribution in [2.45, 2.75) is 30.9 Å². The van der Waals surface area contributed by atoms with Gasteiger partial charge in [0, 0.05) is 19.0 Å². The SMILES string of the molecule is CCN(CC(C)C)S(=O)(=O)c1cc(CCl)cs1. The summed E-state index contributed by atoms with van der Waals surface area (Å²) in [6.07, 6.45) is 0. The molecule has 0 N–H and O–H groups in total. The van der Waals surface area contributed by atoms with Crippen LogP contribution in [-0.4, -0.2) is 25.8 Å².